The monoisotopic (exact) mass is 332 g/mol. The Morgan fingerprint density at radius 2 is 2.04 bits per heavy atom. The molecular weight excluding hydrogens is 312 g/mol. The number of nitrogens with one attached hydrogen (secondary N) is 3. The fourth-order valence-corrected chi connectivity index (χ4v) is 3.37. The van der Waals surface area contributed by atoms with Crippen molar-refractivity contribution in [2.75, 3.05) is 5.32 Å². The van der Waals surface area contributed by atoms with Crippen LogP contribution in [0.15, 0.2) is 24.3 Å². The molecule has 0 radical (unpaired) electrons. The summed E-state index contributed by atoms with van der Waals surface area (Å²) < 4.78 is 0. The van der Waals surface area contributed by atoms with Crippen LogP contribution in [0.25, 0.3) is 0 Å². The van der Waals surface area contributed by atoms with Gasteiger partial charge in [-0.2, -0.15) is 0 Å². The van der Waals surface area contributed by atoms with Gasteiger partial charge >= 0.3 is 0 Å². The number of nitro groups is 1. The van der Waals surface area contributed by atoms with Crippen LogP contribution in [0.1, 0.15) is 32.1 Å². The zero-order valence-electron chi connectivity index (χ0n) is 13.2. The minimum absolute atomic E-state index is 0.00224. The average molecular weight is 332 g/mol. The largest absolute Gasteiger partial charge is 0.350 e. The summed E-state index contributed by atoms with van der Waals surface area (Å²) in [6, 6.07) is 5.54. The van der Waals surface area contributed by atoms with Gasteiger partial charge in [0.2, 0.25) is 11.8 Å². The molecule has 1 aromatic rings. The number of benzene rings is 1. The number of amides is 2. The van der Waals surface area contributed by atoms with Crippen molar-refractivity contribution in [1.29, 1.82) is 0 Å². The van der Waals surface area contributed by atoms with E-state index in [1.807, 2.05) is 0 Å². The second kappa shape index (κ2) is 6.96. The van der Waals surface area contributed by atoms with E-state index in [-0.39, 0.29) is 36.0 Å². The molecule has 1 saturated carbocycles. The molecule has 8 nitrogen and oxygen atoms in total. The SMILES string of the molecule is O=C(C[C@@H]1N[C@@H]2CCCC[C@H]2NC1=O)Nc1cccc([N+](=O)[O-])c1. The number of anilines is 1. The summed E-state index contributed by atoms with van der Waals surface area (Å²) in [6.45, 7) is 0. The third-order valence-corrected chi connectivity index (χ3v) is 4.56. The van der Waals surface area contributed by atoms with E-state index in [0.29, 0.717) is 5.69 Å². The molecule has 8 heteroatoms. The second-order valence-electron chi connectivity index (χ2n) is 6.29. The highest BCUT2D eigenvalue weighted by atomic mass is 16.6. The number of hydrogen-bond donors (Lipinski definition) is 3. The van der Waals surface area contributed by atoms with Gasteiger partial charge in [-0.05, 0) is 18.9 Å². The van der Waals surface area contributed by atoms with E-state index in [2.05, 4.69) is 16.0 Å². The van der Waals surface area contributed by atoms with Crippen LogP contribution in [0, 0.1) is 10.1 Å². The first-order valence-electron chi connectivity index (χ1n) is 8.13. The minimum atomic E-state index is -0.567. The second-order valence-corrected chi connectivity index (χ2v) is 6.29. The lowest BCUT2D eigenvalue weighted by molar-refractivity contribution is -0.384. The minimum Gasteiger partial charge on any atom is -0.350 e. The van der Waals surface area contributed by atoms with Crippen LogP contribution in [-0.2, 0) is 9.59 Å². The lowest BCUT2D eigenvalue weighted by Crippen LogP contribution is -2.65. The summed E-state index contributed by atoms with van der Waals surface area (Å²) >= 11 is 0. The Labute approximate surface area is 139 Å². The Morgan fingerprint density at radius 3 is 2.79 bits per heavy atom. The van der Waals surface area contributed by atoms with E-state index in [9.17, 15) is 19.7 Å². The van der Waals surface area contributed by atoms with Crippen molar-refractivity contribution < 1.29 is 14.5 Å². The molecule has 1 saturated heterocycles. The number of non-ortho nitro benzene ring substituents is 1. The Morgan fingerprint density at radius 1 is 1.29 bits per heavy atom. The molecule has 1 aliphatic heterocycles. The molecular formula is C16H20N4O4. The van der Waals surface area contributed by atoms with Crippen LogP contribution >= 0.6 is 0 Å². The zero-order valence-corrected chi connectivity index (χ0v) is 13.2. The topological polar surface area (TPSA) is 113 Å². The maximum absolute atomic E-state index is 12.2. The van der Waals surface area contributed by atoms with Crippen molar-refractivity contribution in [2.45, 2.75) is 50.2 Å². The maximum atomic E-state index is 12.2. The predicted octanol–water partition coefficient (Wildman–Crippen LogP) is 1.32. The van der Waals surface area contributed by atoms with Gasteiger partial charge < -0.3 is 16.0 Å². The fourth-order valence-electron chi connectivity index (χ4n) is 3.37. The zero-order chi connectivity index (χ0) is 17.1. The van der Waals surface area contributed by atoms with Crippen LogP contribution in [0.3, 0.4) is 0 Å². The number of carbonyl (C=O) groups excluding carboxylic acids is 2. The van der Waals surface area contributed by atoms with Gasteiger partial charge in [0.05, 0.1) is 17.4 Å². The molecule has 2 aliphatic rings. The number of fused-ring (bicyclic) bond motifs is 1. The quantitative estimate of drug-likeness (QED) is 0.568. The molecule has 0 bridgehead atoms. The summed E-state index contributed by atoms with van der Waals surface area (Å²) in [5.41, 5.74) is 0.257. The first-order valence-corrected chi connectivity index (χ1v) is 8.13. The third-order valence-electron chi connectivity index (χ3n) is 4.56. The first-order chi connectivity index (χ1) is 11.5. The molecule has 3 atom stereocenters. The fraction of sp³-hybridized carbons (Fsp3) is 0.500. The lowest BCUT2D eigenvalue weighted by atomic mass is 9.87. The Hall–Kier alpha value is -2.48. The number of piperazine rings is 1. The van der Waals surface area contributed by atoms with Gasteiger partial charge in [-0.1, -0.05) is 18.9 Å². The number of carbonyl (C=O) groups is 2. The molecule has 0 spiro atoms. The van der Waals surface area contributed by atoms with E-state index < -0.39 is 11.0 Å². The van der Waals surface area contributed by atoms with Gasteiger partial charge in [0, 0.05) is 29.9 Å². The molecule has 128 valence electrons. The summed E-state index contributed by atoms with van der Waals surface area (Å²) in [5, 5.41) is 19.6. The summed E-state index contributed by atoms with van der Waals surface area (Å²) in [4.78, 5) is 34.5. The molecule has 3 N–H and O–H groups in total. The maximum Gasteiger partial charge on any atom is 0.271 e. The Bertz CT molecular complexity index is 663. The molecule has 1 aliphatic carbocycles. The molecule has 1 aromatic carbocycles. The standard InChI is InChI=1S/C16H20N4O4/c21-15(17-10-4-3-5-11(8-10)20(23)24)9-14-16(22)19-13-7-2-1-6-12(13)18-14/h3-5,8,12-14,18H,1-2,6-7,9H2,(H,17,21)(H,19,22)/t12-,13-,14+/m1/s1. The van der Waals surface area contributed by atoms with Gasteiger partial charge in [-0.15, -0.1) is 0 Å². The van der Waals surface area contributed by atoms with Gasteiger partial charge in [-0.3, -0.25) is 19.7 Å². The predicted molar refractivity (Wildman–Crippen MR) is 87.5 cm³/mol. The van der Waals surface area contributed by atoms with E-state index in [1.165, 1.54) is 18.2 Å². The Kier molecular flexibility index (Phi) is 4.75. The molecule has 24 heavy (non-hydrogen) atoms. The molecule has 1 heterocycles. The van der Waals surface area contributed by atoms with Gasteiger partial charge in [0.25, 0.3) is 5.69 Å². The summed E-state index contributed by atoms with van der Waals surface area (Å²) in [6.07, 6.45) is 4.19. The highest BCUT2D eigenvalue weighted by molar-refractivity contribution is 5.96. The van der Waals surface area contributed by atoms with E-state index in [1.54, 1.807) is 6.07 Å². The highest BCUT2D eigenvalue weighted by Gasteiger charge is 2.36. The van der Waals surface area contributed by atoms with Crippen molar-refractivity contribution in [3.05, 3.63) is 34.4 Å². The highest BCUT2D eigenvalue weighted by Crippen LogP contribution is 2.23. The number of nitro benzene ring substituents is 1. The molecule has 0 unspecified atom stereocenters. The van der Waals surface area contributed by atoms with Crippen molar-refractivity contribution in [2.24, 2.45) is 0 Å². The Balaban J connectivity index is 1.59. The van der Waals surface area contributed by atoms with E-state index in [4.69, 9.17) is 0 Å². The van der Waals surface area contributed by atoms with Crippen molar-refractivity contribution >= 4 is 23.2 Å². The molecule has 2 fully saturated rings. The van der Waals surface area contributed by atoms with Gasteiger partial charge in [-0.25, -0.2) is 0 Å². The van der Waals surface area contributed by atoms with Crippen molar-refractivity contribution in [3.8, 4) is 0 Å². The van der Waals surface area contributed by atoms with Crippen molar-refractivity contribution in [1.82, 2.24) is 10.6 Å². The number of nitrogens with zero attached hydrogens (tertiary/aromatic N) is 1. The van der Waals surface area contributed by atoms with Crippen molar-refractivity contribution in [3.63, 3.8) is 0 Å². The van der Waals surface area contributed by atoms with Crippen LogP contribution < -0.4 is 16.0 Å². The van der Waals surface area contributed by atoms with E-state index >= 15 is 0 Å². The number of hydrogen-bond acceptors (Lipinski definition) is 5. The van der Waals surface area contributed by atoms with E-state index in [0.717, 1.165) is 25.7 Å². The lowest BCUT2D eigenvalue weighted by Gasteiger charge is -2.40. The van der Waals surface area contributed by atoms with Crippen LogP contribution in [0.4, 0.5) is 11.4 Å². The summed E-state index contributed by atoms with van der Waals surface area (Å²) in [7, 11) is 0. The van der Waals surface area contributed by atoms with Gasteiger partial charge in [0.15, 0.2) is 0 Å². The summed E-state index contributed by atoms with van der Waals surface area (Å²) in [5.74, 6) is -0.509. The van der Waals surface area contributed by atoms with Gasteiger partial charge in [0.1, 0.15) is 0 Å². The normalized spacial score (nSPS) is 26.2. The third kappa shape index (κ3) is 3.70. The van der Waals surface area contributed by atoms with Crippen LogP contribution in [0.5, 0.6) is 0 Å². The molecule has 0 aromatic heterocycles. The smallest absolute Gasteiger partial charge is 0.271 e. The molecule has 2 amide bonds. The average Bonchev–Trinajstić information content (AvgIpc) is 2.55. The first kappa shape index (κ1) is 16.4. The van der Waals surface area contributed by atoms with Crippen LogP contribution in [-0.4, -0.2) is 34.9 Å². The number of rotatable bonds is 4. The van der Waals surface area contributed by atoms with Crippen LogP contribution in [0.2, 0.25) is 0 Å². The molecule has 3 rings (SSSR count).